The molecular formula is C78H71B3Br3IO9. The largest absolute Gasteiger partial charge is 0.495 e. The van der Waals surface area contributed by atoms with Gasteiger partial charge >= 0.3 is 21.1 Å². The van der Waals surface area contributed by atoms with E-state index in [0.29, 0.717) is 0 Å². The van der Waals surface area contributed by atoms with Gasteiger partial charge in [0.2, 0.25) is 0 Å². The summed E-state index contributed by atoms with van der Waals surface area (Å²) in [6.07, 6.45) is 0. The van der Waals surface area contributed by atoms with E-state index in [1.165, 1.54) is 36.2 Å². The van der Waals surface area contributed by atoms with Gasteiger partial charge in [-0.2, -0.15) is 0 Å². The molecule has 6 heterocycles. The number of rotatable bonds is 3. The molecule has 0 spiro atoms. The van der Waals surface area contributed by atoms with E-state index in [4.69, 9.17) is 41.2 Å². The molecule has 3 fully saturated rings. The van der Waals surface area contributed by atoms with E-state index in [0.717, 1.165) is 95.5 Å². The number of hydrogen-bond donors (Lipinski definition) is 0. The molecule has 3 saturated heterocycles. The normalized spacial score (nSPS) is 17.3. The number of para-hydroxylation sites is 3. The molecule has 0 saturated carbocycles. The van der Waals surface area contributed by atoms with Crippen molar-refractivity contribution in [3.8, 4) is 11.1 Å². The Hall–Kier alpha value is -6.28. The fourth-order valence-electron chi connectivity index (χ4n) is 12.1. The van der Waals surface area contributed by atoms with E-state index < -0.39 is 21.1 Å². The Morgan fingerprint density at radius 3 is 1.02 bits per heavy atom. The molecule has 3 aromatic heterocycles. The van der Waals surface area contributed by atoms with E-state index in [1.54, 1.807) is 0 Å². The van der Waals surface area contributed by atoms with Crippen molar-refractivity contribution in [2.75, 3.05) is 0 Å². The van der Waals surface area contributed by atoms with E-state index >= 15 is 0 Å². The number of furan rings is 3. The van der Waals surface area contributed by atoms with Crippen LogP contribution in [0.2, 0.25) is 0 Å². The van der Waals surface area contributed by atoms with Crippen molar-refractivity contribution >= 4 is 195 Å². The van der Waals surface area contributed by atoms with Gasteiger partial charge in [-0.15, -0.1) is 0 Å². The minimum atomic E-state index is -0.476. The molecular weight excluding hydrogens is 1480 g/mol. The molecule has 9 nitrogen and oxygen atoms in total. The number of benzene rings is 11. The average molecular weight is 1550 g/mol. The minimum absolute atomic E-state index is 0.360. The molecule has 17 rings (SSSR count). The number of fused-ring (bicyclic) bond motifs is 15. The first kappa shape index (κ1) is 66.3. The van der Waals surface area contributed by atoms with Crippen LogP contribution in [0.1, 0.15) is 83.1 Å². The maximum atomic E-state index is 6.34. The van der Waals surface area contributed by atoms with Gasteiger partial charge in [0.15, 0.2) is 0 Å². The van der Waals surface area contributed by atoms with Crippen LogP contribution in [0, 0.1) is 3.57 Å². The molecule has 0 amide bonds. The SMILES string of the molecule is Brc1cc2c3ccccc3oc2c2ccccc12.Brc1ccc(-c2cc3c4ccccc4oc3c3ccccc23)cc1.Brc1ccc(I)cc1.CC1(C)OB(B2OC(C)(C)C(C)(C)O2)OC1(C)C.CC1(C)OB(c2cc3c4ccccc4oc3c3ccccc23)OC1(C)C. The molecule has 0 N–H and O–H groups in total. The van der Waals surface area contributed by atoms with E-state index in [1.807, 2.05) is 140 Å². The predicted octanol–water partition coefficient (Wildman–Crippen LogP) is 23.0. The lowest BCUT2D eigenvalue weighted by molar-refractivity contribution is 0.00578. The Morgan fingerprint density at radius 2 is 0.606 bits per heavy atom. The topological polar surface area (TPSA) is 94.8 Å². The molecule has 16 heteroatoms. The molecule has 0 atom stereocenters. The van der Waals surface area contributed by atoms with E-state index in [9.17, 15) is 0 Å². The first-order chi connectivity index (χ1) is 44.7. The third kappa shape index (κ3) is 12.6. The smallest absolute Gasteiger partial charge is 0.455 e. The van der Waals surface area contributed by atoms with Gasteiger partial charge in [-0.05, 0) is 205 Å². The maximum absolute atomic E-state index is 6.34. The molecule has 0 radical (unpaired) electrons. The van der Waals surface area contributed by atoms with Gasteiger partial charge in [-0.3, -0.25) is 0 Å². The second-order valence-corrected chi connectivity index (χ2v) is 31.0. The van der Waals surface area contributed by atoms with Crippen LogP contribution in [0.3, 0.4) is 0 Å². The fourth-order valence-corrected chi connectivity index (χ4v) is 13.5. The molecule has 474 valence electrons. The summed E-state index contributed by atoms with van der Waals surface area (Å²) >= 11 is 12.8. The van der Waals surface area contributed by atoms with Gasteiger partial charge in [0.1, 0.15) is 33.5 Å². The van der Waals surface area contributed by atoms with Crippen LogP contribution in [0.25, 0.3) is 109 Å². The lowest BCUT2D eigenvalue weighted by Gasteiger charge is -2.32. The van der Waals surface area contributed by atoms with E-state index in [2.05, 4.69) is 225 Å². The molecule has 11 aromatic carbocycles. The maximum Gasteiger partial charge on any atom is 0.495 e. The molecule has 0 unspecified atom stereocenters. The van der Waals surface area contributed by atoms with Gasteiger partial charge in [0.25, 0.3) is 0 Å². The second kappa shape index (κ2) is 25.6. The van der Waals surface area contributed by atoms with Crippen LogP contribution in [0.5, 0.6) is 0 Å². The van der Waals surface area contributed by atoms with Crippen LogP contribution in [0.4, 0.5) is 0 Å². The quantitative estimate of drug-likeness (QED) is 0.127. The standard InChI is InChI=1S/C22H21BO3.C22H13BrO.C16H9BrO.C12H24B2O4.C6H4BrI/c1-21(2)22(3,4)26-23(25-21)18-13-17-15-10-7-8-12-19(15)24-20(17)16-11-6-5-9-14(16)18;23-15-11-9-14(10-12-15)19-13-20-17-6-3-4-8-21(17)24-22(20)18-7-2-1-5-16(18)19;17-14-9-13-11-6-3-4-8-15(11)18-16(13)12-7-2-1-5-10(12)14;1-9(2)10(3,4)16-13(15-9)14-17-11(5,6)12(7,8)18-14;7-5-1-3-6(8)4-2-5/h5-13H,1-4H3;1-13H;1-9H;1-8H3;1-4H. The Bertz CT molecular complexity index is 5050. The molecule has 14 aromatic rings. The number of halogens is 4. The monoisotopic (exact) mass is 1550 g/mol. The highest BCUT2D eigenvalue weighted by Crippen LogP contribution is 2.45. The molecule has 3 aliphatic rings. The van der Waals surface area contributed by atoms with Crippen LogP contribution in [-0.4, -0.2) is 54.7 Å². The zero-order valence-corrected chi connectivity index (χ0v) is 61.5. The van der Waals surface area contributed by atoms with Gasteiger partial charge in [-0.25, -0.2) is 0 Å². The summed E-state index contributed by atoms with van der Waals surface area (Å²) in [6, 6.07) is 72.8. The summed E-state index contributed by atoms with van der Waals surface area (Å²) in [4.78, 5) is 0. The van der Waals surface area contributed by atoms with Crippen LogP contribution >= 0.6 is 70.4 Å². The Labute approximate surface area is 588 Å². The number of hydrogen-bond acceptors (Lipinski definition) is 9. The third-order valence-corrected chi connectivity index (χ3v) is 21.8. The predicted molar refractivity (Wildman–Crippen MR) is 409 cm³/mol. The van der Waals surface area contributed by atoms with Gasteiger partial charge in [-0.1, -0.05) is 193 Å². The Kier molecular flexibility index (Phi) is 18.1. The van der Waals surface area contributed by atoms with Crippen LogP contribution < -0.4 is 5.46 Å². The Balaban J connectivity index is 0.000000111. The van der Waals surface area contributed by atoms with Gasteiger partial charge in [0.05, 0.1) is 33.6 Å². The van der Waals surface area contributed by atoms with Crippen molar-refractivity contribution in [2.24, 2.45) is 0 Å². The van der Waals surface area contributed by atoms with Gasteiger partial charge in [0, 0.05) is 65.5 Å². The zero-order chi connectivity index (χ0) is 66.3. The highest BCUT2D eigenvalue weighted by Gasteiger charge is 2.64. The van der Waals surface area contributed by atoms with Crippen molar-refractivity contribution < 1.29 is 41.2 Å². The third-order valence-electron chi connectivity index (χ3n) is 19.4. The lowest BCUT2D eigenvalue weighted by atomic mass is 9.49. The van der Waals surface area contributed by atoms with E-state index in [-0.39, 0.29) is 33.6 Å². The average Bonchev–Trinajstić information content (AvgIpc) is 1.57. The highest BCUT2D eigenvalue weighted by molar-refractivity contribution is 14.1. The first-order valence-electron chi connectivity index (χ1n) is 31.6. The van der Waals surface area contributed by atoms with Crippen LogP contribution in [-0.2, 0) is 27.9 Å². The van der Waals surface area contributed by atoms with Gasteiger partial charge < -0.3 is 41.2 Å². The highest BCUT2D eigenvalue weighted by atomic mass is 127. The first-order valence-corrected chi connectivity index (χ1v) is 35.0. The fraction of sp³-hybridized carbons (Fsp3) is 0.231. The summed E-state index contributed by atoms with van der Waals surface area (Å²) < 4.78 is 59.5. The van der Waals surface area contributed by atoms with Crippen molar-refractivity contribution in [3.05, 3.63) is 229 Å². The molecule has 94 heavy (non-hydrogen) atoms. The van der Waals surface area contributed by atoms with Crippen molar-refractivity contribution in [2.45, 2.75) is 117 Å². The summed E-state index contributed by atoms with van der Waals surface area (Å²) in [5.41, 5.74) is 6.95. The molecule has 3 aliphatic heterocycles. The zero-order valence-electron chi connectivity index (χ0n) is 54.6. The summed E-state index contributed by atoms with van der Waals surface area (Å²) in [5.74, 6) is 0. The van der Waals surface area contributed by atoms with Crippen molar-refractivity contribution in [1.29, 1.82) is 0 Å². The summed E-state index contributed by atoms with van der Waals surface area (Å²) in [5, 5.41) is 13.8. The Morgan fingerprint density at radius 1 is 0.298 bits per heavy atom. The minimum Gasteiger partial charge on any atom is -0.455 e. The summed E-state index contributed by atoms with van der Waals surface area (Å²) in [7, 11) is -1.35. The summed E-state index contributed by atoms with van der Waals surface area (Å²) in [6.45, 7) is 24.5. The lowest BCUT2D eigenvalue weighted by Crippen LogP contribution is -2.41. The van der Waals surface area contributed by atoms with Crippen molar-refractivity contribution in [1.82, 2.24) is 0 Å². The second-order valence-electron chi connectivity index (χ2n) is 27.1. The van der Waals surface area contributed by atoms with Crippen LogP contribution in [0.15, 0.2) is 239 Å². The molecule has 0 bridgehead atoms. The van der Waals surface area contributed by atoms with Crippen molar-refractivity contribution in [3.63, 3.8) is 0 Å². The molecule has 0 aliphatic carbocycles.